The van der Waals surface area contributed by atoms with Gasteiger partial charge in [0.25, 0.3) is 0 Å². The number of ether oxygens (including phenoxy) is 4. The zero-order chi connectivity index (χ0) is 18.7. The lowest BCUT2D eigenvalue weighted by Gasteiger charge is -2.18. The van der Waals surface area contributed by atoms with Crippen LogP contribution in [0, 0.1) is 5.82 Å². The Morgan fingerprint density at radius 3 is 2.77 bits per heavy atom. The Morgan fingerprint density at radius 2 is 2.04 bits per heavy atom. The largest absolute Gasteiger partial charge is 0.494 e. The highest BCUT2D eigenvalue weighted by Crippen LogP contribution is 2.41. The van der Waals surface area contributed by atoms with Crippen molar-refractivity contribution < 1.29 is 28.1 Å². The SMILES string of the molecule is COc1ccc(COC(=O)COc2cccc3c2OC(C)(C)C3)cc1F. The van der Waals surface area contributed by atoms with Gasteiger partial charge in [0.05, 0.1) is 7.11 Å². The molecular formula is C20H21FO5. The number of hydrogen-bond acceptors (Lipinski definition) is 5. The molecule has 1 aliphatic rings. The smallest absolute Gasteiger partial charge is 0.344 e. The number of para-hydroxylation sites is 1. The number of carbonyl (C=O) groups excluding carboxylic acids is 1. The fourth-order valence-corrected chi connectivity index (χ4v) is 2.84. The quantitative estimate of drug-likeness (QED) is 0.736. The lowest BCUT2D eigenvalue weighted by Crippen LogP contribution is -2.24. The minimum absolute atomic E-state index is 0.0421. The summed E-state index contributed by atoms with van der Waals surface area (Å²) in [5, 5.41) is 0. The molecule has 0 saturated carbocycles. The van der Waals surface area contributed by atoms with E-state index in [2.05, 4.69) is 0 Å². The maximum Gasteiger partial charge on any atom is 0.344 e. The Bertz CT molecular complexity index is 816. The molecule has 0 amide bonds. The van der Waals surface area contributed by atoms with Gasteiger partial charge in [0.15, 0.2) is 29.7 Å². The van der Waals surface area contributed by atoms with Crippen LogP contribution in [0.5, 0.6) is 17.2 Å². The van der Waals surface area contributed by atoms with Crippen molar-refractivity contribution in [1.82, 2.24) is 0 Å². The van der Waals surface area contributed by atoms with Gasteiger partial charge in [-0.1, -0.05) is 18.2 Å². The summed E-state index contributed by atoms with van der Waals surface area (Å²) in [6.45, 7) is 3.70. The Hall–Kier alpha value is -2.76. The van der Waals surface area contributed by atoms with Crippen LogP contribution in [0.3, 0.4) is 0 Å². The van der Waals surface area contributed by atoms with Crippen LogP contribution in [0.2, 0.25) is 0 Å². The van der Waals surface area contributed by atoms with Gasteiger partial charge in [-0.3, -0.25) is 0 Å². The predicted molar refractivity (Wildman–Crippen MR) is 93.1 cm³/mol. The average Bonchev–Trinajstić information content (AvgIpc) is 2.92. The molecule has 0 atom stereocenters. The van der Waals surface area contributed by atoms with E-state index in [1.54, 1.807) is 12.1 Å². The predicted octanol–water partition coefficient (Wildman–Crippen LogP) is 3.67. The molecule has 138 valence electrons. The minimum atomic E-state index is -0.545. The van der Waals surface area contributed by atoms with E-state index in [1.807, 2.05) is 26.0 Å². The molecular weight excluding hydrogens is 339 g/mol. The number of fused-ring (bicyclic) bond motifs is 1. The number of carbonyl (C=O) groups is 1. The van der Waals surface area contributed by atoms with E-state index >= 15 is 0 Å². The fourth-order valence-electron chi connectivity index (χ4n) is 2.84. The third-order valence-electron chi connectivity index (χ3n) is 4.02. The Kier molecular flexibility index (Phi) is 5.02. The second kappa shape index (κ2) is 7.23. The van der Waals surface area contributed by atoms with Crippen molar-refractivity contribution in [2.75, 3.05) is 13.7 Å². The summed E-state index contributed by atoms with van der Waals surface area (Å²) >= 11 is 0. The molecule has 0 aromatic heterocycles. The molecule has 0 unspecified atom stereocenters. The molecule has 3 rings (SSSR count). The van der Waals surface area contributed by atoms with Crippen molar-refractivity contribution in [1.29, 1.82) is 0 Å². The van der Waals surface area contributed by atoms with Crippen molar-refractivity contribution in [3.8, 4) is 17.2 Å². The van der Waals surface area contributed by atoms with Gasteiger partial charge in [-0.15, -0.1) is 0 Å². The highest BCUT2D eigenvalue weighted by molar-refractivity contribution is 5.71. The van der Waals surface area contributed by atoms with Crippen LogP contribution >= 0.6 is 0 Å². The first kappa shape index (κ1) is 18.0. The molecule has 1 aliphatic heterocycles. The summed E-state index contributed by atoms with van der Waals surface area (Å²) in [6.07, 6.45) is 0.785. The molecule has 2 aromatic carbocycles. The molecule has 0 saturated heterocycles. The zero-order valence-electron chi connectivity index (χ0n) is 15.0. The van der Waals surface area contributed by atoms with Gasteiger partial charge in [-0.05, 0) is 37.6 Å². The van der Waals surface area contributed by atoms with E-state index in [9.17, 15) is 9.18 Å². The summed E-state index contributed by atoms with van der Waals surface area (Å²) < 4.78 is 35.1. The first-order valence-electron chi connectivity index (χ1n) is 8.30. The Labute approximate surface area is 151 Å². The van der Waals surface area contributed by atoms with Gasteiger partial charge >= 0.3 is 5.97 Å². The van der Waals surface area contributed by atoms with Crippen LogP contribution in [0.25, 0.3) is 0 Å². The van der Waals surface area contributed by atoms with Crippen molar-refractivity contribution in [2.45, 2.75) is 32.5 Å². The lowest BCUT2D eigenvalue weighted by atomic mass is 10.0. The average molecular weight is 360 g/mol. The molecule has 0 spiro atoms. The first-order chi connectivity index (χ1) is 12.4. The molecule has 1 heterocycles. The number of rotatable bonds is 6. The summed E-state index contributed by atoms with van der Waals surface area (Å²) in [5.41, 5.74) is 1.29. The standard InChI is InChI=1S/C20H21FO5/c1-20(2)10-14-5-4-6-17(19(14)26-20)24-12-18(22)25-11-13-7-8-16(23-3)15(21)9-13/h4-9H,10-12H2,1-3H3. The molecule has 0 N–H and O–H groups in total. The van der Waals surface area contributed by atoms with Crippen LogP contribution in [-0.4, -0.2) is 25.3 Å². The van der Waals surface area contributed by atoms with Crippen molar-refractivity contribution in [2.24, 2.45) is 0 Å². The van der Waals surface area contributed by atoms with Gasteiger partial charge in [-0.25, -0.2) is 9.18 Å². The molecule has 0 bridgehead atoms. The first-order valence-corrected chi connectivity index (χ1v) is 8.30. The van der Waals surface area contributed by atoms with Crippen LogP contribution in [-0.2, 0) is 22.6 Å². The van der Waals surface area contributed by atoms with Gasteiger partial charge in [0.1, 0.15) is 12.2 Å². The van der Waals surface area contributed by atoms with Gasteiger partial charge < -0.3 is 18.9 Å². The van der Waals surface area contributed by atoms with Crippen molar-refractivity contribution >= 4 is 5.97 Å². The topological polar surface area (TPSA) is 54.0 Å². The molecule has 6 heteroatoms. The second-order valence-electron chi connectivity index (χ2n) is 6.70. The number of esters is 1. The maximum absolute atomic E-state index is 13.6. The monoisotopic (exact) mass is 360 g/mol. The van der Waals surface area contributed by atoms with E-state index in [0.29, 0.717) is 17.1 Å². The zero-order valence-corrected chi connectivity index (χ0v) is 15.0. The van der Waals surface area contributed by atoms with E-state index < -0.39 is 11.8 Å². The van der Waals surface area contributed by atoms with Crippen molar-refractivity contribution in [3.05, 3.63) is 53.3 Å². The normalized spacial score (nSPS) is 14.3. The van der Waals surface area contributed by atoms with Gasteiger partial charge in [0, 0.05) is 12.0 Å². The molecule has 2 aromatic rings. The second-order valence-corrected chi connectivity index (χ2v) is 6.70. The van der Waals surface area contributed by atoms with Gasteiger partial charge in [-0.2, -0.15) is 0 Å². The van der Waals surface area contributed by atoms with E-state index in [0.717, 1.165) is 12.0 Å². The summed E-state index contributed by atoms with van der Waals surface area (Å²) in [7, 11) is 1.39. The molecule has 0 fully saturated rings. The fraction of sp³-hybridized carbons (Fsp3) is 0.350. The van der Waals surface area contributed by atoms with E-state index in [-0.39, 0.29) is 24.6 Å². The minimum Gasteiger partial charge on any atom is -0.494 e. The Morgan fingerprint density at radius 1 is 1.23 bits per heavy atom. The number of benzene rings is 2. The van der Waals surface area contributed by atoms with Gasteiger partial charge in [0.2, 0.25) is 0 Å². The van der Waals surface area contributed by atoms with Crippen LogP contribution in [0.1, 0.15) is 25.0 Å². The lowest BCUT2D eigenvalue weighted by molar-refractivity contribution is -0.147. The van der Waals surface area contributed by atoms with E-state index in [1.165, 1.54) is 19.2 Å². The van der Waals surface area contributed by atoms with Crippen LogP contribution in [0.15, 0.2) is 36.4 Å². The molecule has 26 heavy (non-hydrogen) atoms. The Balaban J connectivity index is 1.54. The van der Waals surface area contributed by atoms with Crippen molar-refractivity contribution in [3.63, 3.8) is 0 Å². The van der Waals surface area contributed by atoms with E-state index in [4.69, 9.17) is 18.9 Å². The van der Waals surface area contributed by atoms with Crippen LogP contribution in [0.4, 0.5) is 4.39 Å². The number of hydrogen-bond donors (Lipinski definition) is 0. The third kappa shape index (κ3) is 4.07. The number of methoxy groups -OCH3 is 1. The van der Waals surface area contributed by atoms with Crippen LogP contribution < -0.4 is 14.2 Å². The molecule has 0 aliphatic carbocycles. The maximum atomic E-state index is 13.6. The highest BCUT2D eigenvalue weighted by Gasteiger charge is 2.32. The third-order valence-corrected chi connectivity index (χ3v) is 4.02. The number of halogens is 1. The summed E-state index contributed by atoms with van der Waals surface area (Å²) in [6, 6.07) is 9.99. The highest BCUT2D eigenvalue weighted by atomic mass is 19.1. The summed E-state index contributed by atoms with van der Waals surface area (Å²) in [5.74, 6) is 0.278. The molecule has 0 radical (unpaired) electrons. The summed E-state index contributed by atoms with van der Waals surface area (Å²) in [4.78, 5) is 11.9. The molecule has 5 nitrogen and oxygen atoms in total.